The molecule has 26 heavy (non-hydrogen) atoms. The molecule has 0 saturated heterocycles. The third kappa shape index (κ3) is 2.78. The van der Waals surface area contributed by atoms with Crippen molar-refractivity contribution in [2.75, 3.05) is 0 Å². The van der Waals surface area contributed by atoms with Gasteiger partial charge in [-0.1, -0.05) is 26.0 Å². The van der Waals surface area contributed by atoms with Crippen molar-refractivity contribution in [3.63, 3.8) is 0 Å². The molecule has 0 aromatic rings. The van der Waals surface area contributed by atoms with Crippen molar-refractivity contribution in [1.29, 1.82) is 0 Å². The smallest absolute Gasteiger partial charge is 0.171 e. The van der Waals surface area contributed by atoms with Gasteiger partial charge in [0.1, 0.15) is 0 Å². The Balaban J connectivity index is 1.54. The van der Waals surface area contributed by atoms with Crippen LogP contribution in [0.1, 0.15) is 72.1 Å². The first-order valence-electron chi connectivity index (χ1n) is 10.8. The highest BCUT2D eigenvalue weighted by molar-refractivity contribution is 5.15. The average molecular weight is 369 g/mol. The van der Waals surface area contributed by atoms with E-state index >= 15 is 0 Å². The average Bonchev–Trinajstić information content (AvgIpc) is 2.84. The van der Waals surface area contributed by atoms with E-state index in [4.69, 9.17) is 0 Å². The molecule has 0 nitrogen and oxygen atoms in total. The van der Waals surface area contributed by atoms with Gasteiger partial charge in [0, 0.05) is 0 Å². The lowest BCUT2D eigenvalue weighted by Crippen LogP contribution is -2.50. The maximum Gasteiger partial charge on any atom is 0.391 e. The van der Waals surface area contributed by atoms with Gasteiger partial charge in [-0.05, 0) is 105 Å². The van der Waals surface area contributed by atoms with Gasteiger partial charge >= 0.3 is 6.18 Å². The van der Waals surface area contributed by atoms with Crippen molar-refractivity contribution in [1.82, 2.24) is 0 Å². The second kappa shape index (κ2) is 6.27. The summed E-state index contributed by atoms with van der Waals surface area (Å²) in [4.78, 5) is 0. The summed E-state index contributed by atoms with van der Waals surface area (Å²) in [7, 11) is 0. The number of halogens is 3. The Bertz CT molecular complexity index is 564. The molecule has 7 unspecified atom stereocenters. The molecule has 4 aliphatic carbocycles. The van der Waals surface area contributed by atoms with Gasteiger partial charge in [0.05, 0.1) is 5.92 Å². The minimum atomic E-state index is -3.98. The Labute approximate surface area is 157 Å². The van der Waals surface area contributed by atoms with Crippen LogP contribution in [0, 0.1) is 52.8 Å². The highest BCUT2D eigenvalue weighted by Gasteiger charge is 2.60. The third-order valence-electron chi connectivity index (χ3n) is 9.33. The molecule has 4 saturated carbocycles. The lowest BCUT2D eigenvalue weighted by molar-refractivity contribution is -0.196. The zero-order valence-electron chi connectivity index (χ0n) is 16.6. The van der Waals surface area contributed by atoms with E-state index in [0.717, 1.165) is 30.6 Å². The van der Waals surface area contributed by atoms with Gasteiger partial charge in [-0.15, -0.1) is 0 Å². The molecule has 0 heterocycles. The first kappa shape index (κ1) is 18.9. The predicted octanol–water partition coefficient (Wildman–Crippen LogP) is 7.26. The summed E-state index contributed by atoms with van der Waals surface area (Å²) < 4.78 is 39.7. The van der Waals surface area contributed by atoms with Crippen LogP contribution in [0.15, 0.2) is 12.2 Å². The van der Waals surface area contributed by atoms with Crippen molar-refractivity contribution >= 4 is 0 Å². The van der Waals surface area contributed by atoms with Crippen molar-refractivity contribution in [3.8, 4) is 0 Å². The topological polar surface area (TPSA) is 0 Å². The van der Waals surface area contributed by atoms with E-state index in [-0.39, 0.29) is 0 Å². The standard InChI is InChI=1S/C23H35F3/c1-13(2)20-11-14(3)21-19-7-5-15-12-16(23(24,25)26)6-8-17(15)18(19)9-10-22(20,21)4/h14-21H,1,5-12H2,2-4H3/t14?,15?,16?,17?,18?,19?,20-,21?,22-/m1/s1. The van der Waals surface area contributed by atoms with E-state index in [9.17, 15) is 13.2 Å². The molecule has 0 aromatic heterocycles. The van der Waals surface area contributed by atoms with Crippen LogP contribution in [0.5, 0.6) is 0 Å². The van der Waals surface area contributed by atoms with Crippen molar-refractivity contribution in [3.05, 3.63) is 12.2 Å². The molecular formula is C23H35F3. The fourth-order valence-corrected chi connectivity index (χ4v) is 8.46. The zero-order chi connectivity index (χ0) is 18.9. The largest absolute Gasteiger partial charge is 0.391 e. The Morgan fingerprint density at radius 1 is 0.962 bits per heavy atom. The summed E-state index contributed by atoms with van der Waals surface area (Å²) in [6, 6.07) is 0. The minimum Gasteiger partial charge on any atom is -0.171 e. The number of fused-ring (bicyclic) bond motifs is 5. The van der Waals surface area contributed by atoms with E-state index in [1.807, 2.05) is 0 Å². The van der Waals surface area contributed by atoms with Crippen molar-refractivity contribution in [2.45, 2.75) is 78.3 Å². The van der Waals surface area contributed by atoms with Crippen LogP contribution in [0.4, 0.5) is 13.2 Å². The highest BCUT2D eigenvalue weighted by Crippen LogP contribution is 2.67. The van der Waals surface area contributed by atoms with Gasteiger partial charge in [-0.25, -0.2) is 0 Å². The van der Waals surface area contributed by atoms with Gasteiger partial charge in [-0.3, -0.25) is 0 Å². The van der Waals surface area contributed by atoms with E-state index in [2.05, 4.69) is 27.4 Å². The van der Waals surface area contributed by atoms with Gasteiger partial charge in [0.15, 0.2) is 0 Å². The second-order valence-electron chi connectivity index (χ2n) is 10.6. The van der Waals surface area contributed by atoms with E-state index in [0.29, 0.717) is 41.9 Å². The summed E-state index contributed by atoms with van der Waals surface area (Å²) in [5.74, 6) is 3.42. The second-order valence-corrected chi connectivity index (χ2v) is 10.6. The zero-order valence-corrected chi connectivity index (χ0v) is 16.6. The van der Waals surface area contributed by atoms with Crippen LogP contribution in [0.2, 0.25) is 0 Å². The van der Waals surface area contributed by atoms with Gasteiger partial charge < -0.3 is 0 Å². The molecule has 3 heteroatoms. The maximum absolute atomic E-state index is 13.2. The third-order valence-corrected chi connectivity index (χ3v) is 9.33. The molecule has 0 bridgehead atoms. The SMILES string of the molecule is C=C(C)[C@H]1CC(C)C2C3CCC4CC(C(F)(F)F)CCC4C3CC[C@@]21C. The first-order chi connectivity index (χ1) is 12.1. The first-order valence-corrected chi connectivity index (χ1v) is 10.8. The van der Waals surface area contributed by atoms with Crippen LogP contribution < -0.4 is 0 Å². The van der Waals surface area contributed by atoms with Crippen LogP contribution in [0.25, 0.3) is 0 Å². The van der Waals surface area contributed by atoms with Crippen LogP contribution in [-0.2, 0) is 0 Å². The van der Waals surface area contributed by atoms with Crippen molar-refractivity contribution < 1.29 is 13.2 Å². The molecule has 4 aliphatic rings. The molecule has 0 spiro atoms. The summed E-state index contributed by atoms with van der Waals surface area (Å²) in [5, 5.41) is 0. The molecule has 9 atom stereocenters. The number of hydrogen-bond acceptors (Lipinski definition) is 0. The highest BCUT2D eigenvalue weighted by atomic mass is 19.4. The van der Waals surface area contributed by atoms with Crippen molar-refractivity contribution in [2.24, 2.45) is 52.8 Å². The summed E-state index contributed by atoms with van der Waals surface area (Å²) in [5.41, 5.74) is 1.72. The Morgan fingerprint density at radius 3 is 2.31 bits per heavy atom. The maximum atomic E-state index is 13.2. The van der Waals surface area contributed by atoms with E-state index in [1.54, 1.807) is 0 Å². The number of rotatable bonds is 1. The van der Waals surface area contributed by atoms with Crippen LogP contribution in [-0.4, -0.2) is 6.18 Å². The Hall–Kier alpha value is -0.470. The molecule has 0 radical (unpaired) electrons. The molecule has 148 valence electrons. The molecule has 4 rings (SSSR count). The quantitative estimate of drug-likeness (QED) is 0.427. The lowest BCUT2D eigenvalue weighted by atomic mass is 9.48. The molecule has 0 aliphatic heterocycles. The molecule has 0 amide bonds. The molecule has 0 N–H and O–H groups in total. The fraction of sp³-hybridized carbons (Fsp3) is 0.913. The number of alkyl halides is 3. The van der Waals surface area contributed by atoms with E-state index < -0.39 is 12.1 Å². The molecule has 0 aromatic carbocycles. The minimum absolute atomic E-state index is 0.328. The Kier molecular flexibility index (Phi) is 4.55. The predicted molar refractivity (Wildman–Crippen MR) is 99.5 cm³/mol. The van der Waals surface area contributed by atoms with Gasteiger partial charge in [0.2, 0.25) is 0 Å². The van der Waals surface area contributed by atoms with Gasteiger partial charge in [-0.2, -0.15) is 13.2 Å². The normalized spacial score (nSPS) is 51.3. The number of hydrogen-bond donors (Lipinski definition) is 0. The monoisotopic (exact) mass is 368 g/mol. The molecule has 4 fully saturated rings. The number of allylic oxidation sites excluding steroid dienone is 1. The lowest BCUT2D eigenvalue weighted by Gasteiger charge is -2.57. The van der Waals surface area contributed by atoms with Gasteiger partial charge in [0.25, 0.3) is 0 Å². The summed E-state index contributed by atoms with van der Waals surface area (Å²) in [6.07, 6.45) is 3.59. The Morgan fingerprint density at radius 2 is 1.65 bits per heavy atom. The molecular weight excluding hydrogens is 333 g/mol. The van der Waals surface area contributed by atoms with Crippen LogP contribution >= 0.6 is 0 Å². The van der Waals surface area contributed by atoms with Crippen LogP contribution in [0.3, 0.4) is 0 Å². The fourth-order valence-electron chi connectivity index (χ4n) is 8.46. The summed E-state index contributed by atoms with van der Waals surface area (Å²) >= 11 is 0. The van der Waals surface area contributed by atoms with E-state index in [1.165, 1.54) is 31.3 Å². The summed E-state index contributed by atoms with van der Waals surface area (Å²) in [6.45, 7) is 11.4.